The Morgan fingerprint density at radius 1 is 1.42 bits per heavy atom. The van der Waals surface area contributed by atoms with Gasteiger partial charge in [-0.1, -0.05) is 12.2 Å². The van der Waals surface area contributed by atoms with Gasteiger partial charge in [-0.2, -0.15) is 0 Å². The SMILES string of the molecule is COCc1cc(=S)nc(-c2ccc([N+](=O)[O-])cc2)[nH]1. The highest BCUT2D eigenvalue weighted by atomic mass is 32.1. The Kier molecular flexibility index (Phi) is 3.98. The minimum absolute atomic E-state index is 0.0374. The first-order valence-electron chi connectivity index (χ1n) is 5.44. The predicted molar refractivity (Wildman–Crippen MR) is 72.2 cm³/mol. The van der Waals surface area contributed by atoms with Gasteiger partial charge in [0, 0.05) is 30.5 Å². The Morgan fingerprint density at radius 3 is 2.68 bits per heavy atom. The molecule has 0 aliphatic carbocycles. The third-order valence-electron chi connectivity index (χ3n) is 2.45. The van der Waals surface area contributed by atoms with Gasteiger partial charge in [0.2, 0.25) is 0 Å². The molecule has 0 atom stereocenters. The first kappa shape index (κ1) is 13.3. The van der Waals surface area contributed by atoms with E-state index in [1.165, 1.54) is 12.1 Å². The Balaban J connectivity index is 2.40. The van der Waals surface area contributed by atoms with Crippen LogP contribution in [-0.2, 0) is 11.3 Å². The van der Waals surface area contributed by atoms with Crippen molar-refractivity contribution >= 4 is 17.9 Å². The monoisotopic (exact) mass is 277 g/mol. The molecule has 0 aliphatic rings. The van der Waals surface area contributed by atoms with Crippen molar-refractivity contribution in [2.24, 2.45) is 0 Å². The van der Waals surface area contributed by atoms with E-state index in [0.29, 0.717) is 17.1 Å². The van der Waals surface area contributed by atoms with Crippen molar-refractivity contribution in [1.29, 1.82) is 0 Å². The third kappa shape index (κ3) is 3.21. The number of aromatic nitrogens is 2. The maximum atomic E-state index is 10.6. The van der Waals surface area contributed by atoms with Gasteiger partial charge in [-0.15, -0.1) is 0 Å². The van der Waals surface area contributed by atoms with Crippen molar-refractivity contribution < 1.29 is 9.66 Å². The zero-order chi connectivity index (χ0) is 13.8. The summed E-state index contributed by atoms with van der Waals surface area (Å²) >= 11 is 5.07. The zero-order valence-corrected chi connectivity index (χ0v) is 10.9. The van der Waals surface area contributed by atoms with Crippen LogP contribution in [0.25, 0.3) is 11.4 Å². The third-order valence-corrected chi connectivity index (χ3v) is 2.66. The molecule has 0 saturated heterocycles. The van der Waals surface area contributed by atoms with Crippen LogP contribution < -0.4 is 0 Å². The van der Waals surface area contributed by atoms with Gasteiger partial charge < -0.3 is 9.72 Å². The van der Waals surface area contributed by atoms with Gasteiger partial charge in [-0.05, 0) is 18.2 Å². The summed E-state index contributed by atoms with van der Waals surface area (Å²) in [4.78, 5) is 17.4. The van der Waals surface area contributed by atoms with E-state index < -0.39 is 4.92 Å². The van der Waals surface area contributed by atoms with Gasteiger partial charge in [0.05, 0.1) is 11.5 Å². The van der Waals surface area contributed by atoms with Crippen LogP contribution in [0.3, 0.4) is 0 Å². The fraction of sp³-hybridized carbons (Fsp3) is 0.167. The zero-order valence-electron chi connectivity index (χ0n) is 10.1. The fourth-order valence-electron chi connectivity index (χ4n) is 1.62. The van der Waals surface area contributed by atoms with E-state index in [2.05, 4.69) is 9.97 Å². The molecule has 1 N–H and O–H groups in total. The summed E-state index contributed by atoms with van der Waals surface area (Å²) in [5.74, 6) is 0.564. The van der Waals surface area contributed by atoms with Gasteiger partial charge >= 0.3 is 0 Å². The molecule has 1 heterocycles. The van der Waals surface area contributed by atoms with Crippen LogP contribution in [0, 0.1) is 14.8 Å². The molecule has 2 rings (SSSR count). The van der Waals surface area contributed by atoms with Crippen LogP contribution in [0.4, 0.5) is 5.69 Å². The van der Waals surface area contributed by atoms with Crippen LogP contribution in [0.5, 0.6) is 0 Å². The highest BCUT2D eigenvalue weighted by Crippen LogP contribution is 2.19. The number of nitrogens with zero attached hydrogens (tertiary/aromatic N) is 2. The van der Waals surface area contributed by atoms with Crippen LogP contribution in [0.15, 0.2) is 30.3 Å². The van der Waals surface area contributed by atoms with E-state index in [9.17, 15) is 10.1 Å². The normalized spacial score (nSPS) is 10.4. The maximum absolute atomic E-state index is 10.6. The van der Waals surface area contributed by atoms with Crippen molar-refractivity contribution in [3.05, 3.63) is 50.8 Å². The number of rotatable bonds is 4. The topological polar surface area (TPSA) is 81.1 Å². The first-order valence-corrected chi connectivity index (χ1v) is 5.85. The van der Waals surface area contributed by atoms with Gasteiger partial charge in [-0.3, -0.25) is 10.1 Å². The highest BCUT2D eigenvalue weighted by Gasteiger charge is 2.07. The van der Waals surface area contributed by atoms with E-state index in [4.69, 9.17) is 17.0 Å². The second kappa shape index (κ2) is 5.68. The number of benzene rings is 1. The summed E-state index contributed by atoms with van der Waals surface area (Å²) < 4.78 is 5.47. The standard InChI is InChI=1S/C12H11N3O3S/c1-18-7-9-6-11(19)14-12(13-9)8-2-4-10(5-3-8)15(16)17/h2-6H,7H2,1H3,(H,13,14,19). The minimum Gasteiger partial charge on any atom is -0.378 e. The molecule has 0 bridgehead atoms. The number of ether oxygens (including phenoxy) is 1. The molecule has 1 aromatic heterocycles. The largest absolute Gasteiger partial charge is 0.378 e. The first-order chi connectivity index (χ1) is 9.10. The molecule has 0 aliphatic heterocycles. The summed E-state index contributed by atoms with van der Waals surface area (Å²) in [7, 11) is 1.59. The van der Waals surface area contributed by atoms with Crippen molar-refractivity contribution in [2.75, 3.05) is 7.11 Å². The summed E-state index contributed by atoms with van der Waals surface area (Å²) in [5, 5.41) is 10.6. The number of nitrogens with one attached hydrogen (secondary N) is 1. The minimum atomic E-state index is -0.444. The lowest BCUT2D eigenvalue weighted by molar-refractivity contribution is -0.384. The average Bonchev–Trinajstić information content (AvgIpc) is 2.38. The fourth-order valence-corrected chi connectivity index (χ4v) is 1.85. The van der Waals surface area contributed by atoms with Crippen LogP contribution in [0.1, 0.15) is 5.69 Å². The molecule has 0 radical (unpaired) electrons. The van der Waals surface area contributed by atoms with E-state index in [1.54, 1.807) is 25.3 Å². The molecule has 0 fully saturated rings. The molecule has 2 aromatic rings. The molecular formula is C12H11N3O3S. The van der Waals surface area contributed by atoms with Gasteiger partial charge in [-0.25, -0.2) is 4.98 Å². The lowest BCUT2D eigenvalue weighted by Crippen LogP contribution is -1.97. The van der Waals surface area contributed by atoms with Crippen LogP contribution in [-0.4, -0.2) is 22.0 Å². The second-order valence-electron chi connectivity index (χ2n) is 3.83. The molecule has 0 unspecified atom stereocenters. The molecule has 0 saturated carbocycles. The summed E-state index contributed by atoms with van der Waals surface area (Å²) in [6.07, 6.45) is 0. The molecule has 7 heteroatoms. The second-order valence-corrected chi connectivity index (χ2v) is 4.25. The van der Waals surface area contributed by atoms with E-state index in [1.807, 2.05) is 0 Å². The van der Waals surface area contributed by atoms with Gasteiger partial charge in [0.1, 0.15) is 10.5 Å². The smallest absolute Gasteiger partial charge is 0.269 e. The Bertz CT molecular complexity index is 652. The molecule has 98 valence electrons. The van der Waals surface area contributed by atoms with Crippen molar-refractivity contribution in [2.45, 2.75) is 6.61 Å². The summed E-state index contributed by atoms with van der Waals surface area (Å²) in [6, 6.07) is 7.83. The van der Waals surface area contributed by atoms with Crippen molar-refractivity contribution in [3.8, 4) is 11.4 Å². The van der Waals surface area contributed by atoms with Crippen molar-refractivity contribution in [1.82, 2.24) is 9.97 Å². The van der Waals surface area contributed by atoms with Gasteiger partial charge in [0.15, 0.2) is 0 Å². The van der Waals surface area contributed by atoms with E-state index in [-0.39, 0.29) is 5.69 Å². The summed E-state index contributed by atoms with van der Waals surface area (Å²) in [6.45, 7) is 0.395. The van der Waals surface area contributed by atoms with E-state index >= 15 is 0 Å². The van der Waals surface area contributed by atoms with Crippen LogP contribution >= 0.6 is 12.2 Å². The number of hydrogen-bond donors (Lipinski definition) is 1. The number of H-pyrrole nitrogens is 1. The number of nitro groups is 1. The molecular weight excluding hydrogens is 266 g/mol. The van der Waals surface area contributed by atoms with E-state index in [0.717, 1.165) is 11.3 Å². The highest BCUT2D eigenvalue weighted by molar-refractivity contribution is 7.71. The average molecular weight is 277 g/mol. The maximum Gasteiger partial charge on any atom is 0.269 e. The number of hydrogen-bond acceptors (Lipinski definition) is 5. The number of aromatic amines is 1. The number of methoxy groups -OCH3 is 1. The lowest BCUT2D eigenvalue weighted by atomic mass is 10.2. The quantitative estimate of drug-likeness (QED) is 0.528. The summed E-state index contributed by atoms with van der Waals surface area (Å²) in [5.41, 5.74) is 1.57. The molecule has 1 aromatic carbocycles. The Labute approximate surface area is 114 Å². The Morgan fingerprint density at radius 2 is 2.11 bits per heavy atom. The molecule has 6 nitrogen and oxygen atoms in total. The van der Waals surface area contributed by atoms with Crippen molar-refractivity contribution in [3.63, 3.8) is 0 Å². The molecule has 0 amide bonds. The lowest BCUT2D eigenvalue weighted by Gasteiger charge is -2.05. The van der Waals surface area contributed by atoms with Gasteiger partial charge in [0.25, 0.3) is 5.69 Å². The predicted octanol–water partition coefficient (Wildman–Crippen LogP) is 2.86. The molecule has 0 spiro atoms. The van der Waals surface area contributed by atoms with Crippen LogP contribution in [0.2, 0.25) is 0 Å². The number of non-ortho nitro benzene ring substituents is 1. The number of nitro benzene ring substituents is 1. The Hall–Kier alpha value is -2.12. The molecule has 19 heavy (non-hydrogen) atoms.